The van der Waals surface area contributed by atoms with E-state index in [0.29, 0.717) is 0 Å². The summed E-state index contributed by atoms with van der Waals surface area (Å²) in [6.45, 7) is 2.04. The van der Waals surface area contributed by atoms with Crippen molar-refractivity contribution in [3.05, 3.63) is 29.8 Å². The predicted molar refractivity (Wildman–Crippen MR) is 71.8 cm³/mol. The summed E-state index contributed by atoms with van der Waals surface area (Å²) < 4.78 is 33.9. The molecule has 0 aliphatic rings. The minimum Gasteiger partial charge on any atom is -0.493 e. The van der Waals surface area contributed by atoms with Crippen molar-refractivity contribution in [2.24, 2.45) is 0 Å². The maximum atomic E-state index is 12.3. The summed E-state index contributed by atoms with van der Waals surface area (Å²) in [4.78, 5) is 0. The van der Waals surface area contributed by atoms with Gasteiger partial charge in [-0.25, -0.2) is 0 Å². The van der Waals surface area contributed by atoms with Crippen LogP contribution in [-0.4, -0.2) is 26.3 Å². The van der Waals surface area contributed by atoms with Gasteiger partial charge in [-0.15, -0.1) is 0 Å². The molecule has 0 saturated heterocycles. The summed E-state index contributed by atoms with van der Waals surface area (Å²) in [5.74, 6) is 0.327. The summed E-state index contributed by atoms with van der Waals surface area (Å²) in [5, 5.41) is 3.22. The molecule has 0 radical (unpaired) electrons. The van der Waals surface area contributed by atoms with E-state index in [0.717, 1.165) is 12.1 Å². The van der Waals surface area contributed by atoms with Crippen LogP contribution in [0.15, 0.2) is 24.3 Å². The molecule has 106 valence electrons. The minimum atomic E-state index is -2.87. The summed E-state index contributed by atoms with van der Waals surface area (Å²) in [7, 11) is 1.41. The maximum Gasteiger partial charge on any atom is 0.387 e. The molecule has 1 atom stereocenters. The van der Waals surface area contributed by atoms with Crippen LogP contribution in [0.4, 0.5) is 8.78 Å². The number of benzene rings is 1. The Morgan fingerprint density at radius 2 is 2.05 bits per heavy atom. The lowest BCUT2D eigenvalue weighted by atomic mass is 10.1. The number of halogens is 2. The van der Waals surface area contributed by atoms with Gasteiger partial charge in [0.25, 0.3) is 0 Å². The molecule has 1 unspecified atom stereocenters. The topological polar surface area (TPSA) is 30.5 Å². The molecular weight excluding hydrogens is 252 g/mol. The van der Waals surface area contributed by atoms with Gasteiger partial charge in [-0.3, -0.25) is 0 Å². The van der Waals surface area contributed by atoms with Gasteiger partial charge in [0.15, 0.2) is 11.5 Å². The zero-order valence-corrected chi connectivity index (χ0v) is 11.3. The van der Waals surface area contributed by atoms with Gasteiger partial charge in [0.1, 0.15) is 0 Å². The molecule has 0 saturated carbocycles. The molecule has 1 aromatic rings. The average Bonchev–Trinajstić information content (AvgIpc) is 2.36. The van der Waals surface area contributed by atoms with E-state index < -0.39 is 6.61 Å². The first-order chi connectivity index (χ1) is 9.06. The van der Waals surface area contributed by atoms with E-state index in [-0.39, 0.29) is 17.5 Å². The van der Waals surface area contributed by atoms with Crippen LogP contribution in [0.5, 0.6) is 11.5 Å². The third kappa shape index (κ3) is 5.26. The number of likely N-dealkylation sites (N-methyl/N-ethyl adjacent to an activating group) is 1. The minimum absolute atomic E-state index is 0.0377. The molecule has 0 bridgehead atoms. The highest BCUT2D eigenvalue weighted by atomic mass is 19.3. The number of methoxy groups -OCH3 is 1. The molecule has 1 N–H and O–H groups in total. The third-order valence-corrected chi connectivity index (χ3v) is 2.51. The first-order valence-electron chi connectivity index (χ1n) is 6.11. The molecule has 0 heterocycles. The van der Waals surface area contributed by atoms with Gasteiger partial charge in [0.05, 0.1) is 7.11 Å². The Labute approximate surface area is 112 Å². The lowest BCUT2D eigenvalue weighted by Gasteiger charge is -2.10. The number of hydrogen-bond acceptors (Lipinski definition) is 3. The van der Waals surface area contributed by atoms with E-state index in [2.05, 4.69) is 10.1 Å². The Morgan fingerprint density at radius 3 is 2.63 bits per heavy atom. The lowest BCUT2D eigenvalue weighted by molar-refractivity contribution is -0.0512. The Kier molecular flexibility index (Phi) is 6.29. The van der Waals surface area contributed by atoms with Gasteiger partial charge in [-0.05, 0) is 31.2 Å². The van der Waals surface area contributed by atoms with Crippen LogP contribution in [0.3, 0.4) is 0 Å². The highest BCUT2D eigenvalue weighted by molar-refractivity contribution is 5.56. The van der Waals surface area contributed by atoms with E-state index in [9.17, 15) is 8.78 Å². The van der Waals surface area contributed by atoms with Crippen molar-refractivity contribution in [2.45, 2.75) is 26.5 Å². The standard InChI is InChI=1S/C14H19F2NO2/c1-4-17-10(2)5-6-11-7-8-12(18-3)13(9-11)19-14(15)16/h5-10,14,17H,4H2,1-3H3/b6-5+. The van der Waals surface area contributed by atoms with Crippen molar-refractivity contribution in [1.82, 2.24) is 5.32 Å². The fourth-order valence-electron chi connectivity index (χ4n) is 1.63. The summed E-state index contributed by atoms with van der Waals surface area (Å²) >= 11 is 0. The van der Waals surface area contributed by atoms with Crippen molar-refractivity contribution in [2.75, 3.05) is 13.7 Å². The molecule has 1 aromatic carbocycles. The van der Waals surface area contributed by atoms with Gasteiger partial charge in [-0.2, -0.15) is 8.78 Å². The van der Waals surface area contributed by atoms with Crippen LogP contribution in [0.2, 0.25) is 0 Å². The predicted octanol–water partition coefficient (Wildman–Crippen LogP) is 3.31. The molecule has 0 aromatic heterocycles. The van der Waals surface area contributed by atoms with E-state index >= 15 is 0 Å². The highest BCUT2D eigenvalue weighted by Gasteiger charge is 2.10. The monoisotopic (exact) mass is 271 g/mol. The summed E-state index contributed by atoms with van der Waals surface area (Å²) in [5.41, 5.74) is 0.779. The molecule has 3 nitrogen and oxygen atoms in total. The van der Waals surface area contributed by atoms with Gasteiger partial charge in [0, 0.05) is 6.04 Å². The number of ether oxygens (including phenoxy) is 2. The molecule has 0 amide bonds. The molecule has 0 aliphatic carbocycles. The second-order valence-corrected chi connectivity index (χ2v) is 3.99. The largest absolute Gasteiger partial charge is 0.493 e. The highest BCUT2D eigenvalue weighted by Crippen LogP contribution is 2.29. The van der Waals surface area contributed by atoms with Crippen LogP contribution in [0, 0.1) is 0 Å². The second-order valence-electron chi connectivity index (χ2n) is 3.99. The average molecular weight is 271 g/mol. The van der Waals surface area contributed by atoms with Gasteiger partial charge in [-0.1, -0.05) is 25.1 Å². The first kappa shape index (κ1) is 15.4. The van der Waals surface area contributed by atoms with Gasteiger partial charge < -0.3 is 14.8 Å². The molecule has 1 rings (SSSR count). The van der Waals surface area contributed by atoms with E-state index in [1.165, 1.54) is 13.2 Å². The fourth-order valence-corrected chi connectivity index (χ4v) is 1.63. The van der Waals surface area contributed by atoms with Crippen LogP contribution in [0.25, 0.3) is 6.08 Å². The number of nitrogens with one attached hydrogen (secondary N) is 1. The van der Waals surface area contributed by atoms with Crippen molar-refractivity contribution < 1.29 is 18.3 Å². The number of rotatable bonds is 7. The van der Waals surface area contributed by atoms with Crippen LogP contribution >= 0.6 is 0 Å². The molecule has 0 spiro atoms. The smallest absolute Gasteiger partial charge is 0.387 e. The van der Waals surface area contributed by atoms with Gasteiger partial charge in [0.2, 0.25) is 0 Å². The molecular formula is C14H19F2NO2. The fraction of sp³-hybridized carbons (Fsp3) is 0.429. The van der Waals surface area contributed by atoms with Crippen molar-refractivity contribution in [1.29, 1.82) is 0 Å². The van der Waals surface area contributed by atoms with Gasteiger partial charge >= 0.3 is 6.61 Å². The van der Waals surface area contributed by atoms with E-state index in [1.807, 2.05) is 26.0 Å². The zero-order valence-electron chi connectivity index (χ0n) is 11.3. The quantitative estimate of drug-likeness (QED) is 0.825. The Bertz CT molecular complexity index is 422. The Balaban J connectivity index is 2.85. The van der Waals surface area contributed by atoms with Crippen molar-refractivity contribution in [3.8, 4) is 11.5 Å². The summed E-state index contributed by atoms with van der Waals surface area (Å²) in [6, 6.07) is 5.13. The molecule has 5 heteroatoms. The second kappa shape index (κ2) is 7.74. The van der Waals surface area contributed by atoms with Crippen LogP contribution in [0.1, 0.15) is 19.4 Å². The SMILES string of the molecule is CCNC(C)/C=C/c1ccc(OC)c(OC(F)F)c1. The Morgan fingerprint density at radius 1 is 1.32 bits per heavy atom. The molecule has 19 heavy (non-hydrogen) atoms. The molecule has 0 aliphatic heterocycles. The van der Waals surface area contributed by atoms with E-state index in [1.54, 1.807) is 12.1 Å². The molecule has 0 fully saturated rings. The number of hydrogen-bond donors (Lipinski definition) is 1. The Hall–Kier alpha value is -1.62. The zero-order chi connectivity index (χ0) is 14.3. The first-order valence-corrected chi connectivity index (χ1v) is 6.11. The van der Waals surface area contributed by atoms with E-state index in [4.69, 9.17) is 4.74 Å². The number of alkyl halides is 2. The maximum absolute atomic E-state index is 12.3. The lowest BCUT2D eigenvalue weighted by Crippen LogP contribution is -2.22. The third-order valence-electron chi connectivity index (χ3n) is 2.51. The van der Waals surface area contributed by atoms with Crippen LogP contribution < -0.4 is 14.8 Å². The van der Waals surface area contributed by atoms with Crippen molar-refractivity contribution in [3.63, 3.8) is 0 Å². The normalized spacial score (nSPS) is 12.9. The summed E-state index contributed by atoms with van der Waals surface area (Å²) in [6.07, 6.45) is 3.81. The van der Waals surface area contributed by atoms with Crippen LogP contribution in [-0.2, 0) is 0 Å². The van der Waals surface area contributed by atoms with Crippen molar-refractivity contribution >= 4 is 6.08 Å².